The highest BCUT2D eigenvalue weighted by Crippen LogP contribution is 2.41. The first-order valence-electron chi connectivity index (χ1n) is 9.76. The minimum Gasteiger partial charge on any atom is -0.492 e. The van der Waals surface area contributed by atoms with Gasteiger partial charge in [-0.3, -0.25) is 9.69 Å². The molecule has 0 radical (unpaired) electrons. The van der Waals surface area contributed by atoms with E-state index in [0.29, 0.717) is 51.6 Å². The van der Waals surface area contributed by atoms with Crippen molar-refractivity contribution in [1.29, 1.82) is 0 Å². The van der Waals surface area contributed by atoms with Crippen molar-refractivity contribution in [1.82, 2.24) is 4.98 Å². The molecule has 1 aliphatic rings. The van der Waals surface area contributed by atoms with Gasteiger partial charge in [-0.2, -0.15) is 0 Å². The number of aromatic nitrogens is 1. The zero-order valence-electron chi connectivity index (χ0n) is 17.4. The maximum absolute atomic E-state index is 13.9. The van der Waals surface area contributed by atoms with Gasteiger partial charge < -0.3 is 14.4 Å². The number of hydrogen-bond donors (Lipinski definition) is 0. The van der Waals surface area contributed by atoms with Gasteiger partial charge in [-0.05, 0) is 50.2 Å². The first-order chi connectivity index (χ1) is 14.9. The maximum Gasteiger partial charge on any atom is 0.261 e. The van der Waals surface area contributed by atoms with Gasteiger partial charge in [0.2, 0.25) is 5.88 Å². The zero-order valence-corrected chi connectivity index (χ0v) is 18.1. The minimum absolute atomic E-state index is 0.189. The SMILES string of the molecule is CCOc1cc(F)ccc1N1CN(c2ccc(OC)nc2C)C(=O)c2cc(Cl)ccc21. The number of anilines is 3. The van der Waals surface area contributed by atoms with Gasteiger partial charge in [0.1, 0.15) is 18.2 Å². The number of ether oxygens (including phenoxy) is 2. The number of rotatable bonds is 5. The molecule has 0 N–H and O–H groups in total. The van der Waals surface area contributed by atoms with Gasteiger partial charge in [0, 0.05) is 17.2 Å². The molecule has 6 nitrogen and oxygen atoms in total. The zero-order chi connectivity index (χ0) is 22.1. The molecule has 3 aromatic rings. The lowest BCUT2D eigenvalue weighted by atomic mass is 10.1. The number of methoxy groups -OCH3 is 1. The van der Waals surface area contributed by atoms with E-state index in [0.717, 1.165) is 0 Å². The minimum atomic E-state index is -0.399. The Hall–Kier alpha value is -3.32. The normalized spacial score (nSPS) is 13.3. The number of hydrogen-bond acceptors (Lipinski definition) is 5. The van der Waals surface area contributed by atoms with E-state index < -0.39 is 5.82 Å². The molecule has 31 heavy (non-hydrogen) atoms. The molecule has 0 atom stereocenters. The summed E-state index contributed by atoms with van der Waals surface area (Å²) in [5.41, 5.74) is 3.02. The topological polar surface area (TPSA) is 54.9 Å². The van der Waals surface area contributed by atoms with Crippen LogP contribution in [0.15, 0.2) is 48.5 Å². The van der Waals surface area contributed by atoms with Crippen LogP contribution in [-0.4, -0.2) is 31.3 Å². The molecule has 0 fully saturated rings. The Kier molecular flexibility index (Phi) is 5.69. The standard InChI is InChI=1S/C23H21ClFN3O3/c1-4-31-21-12-16(25)6-8-20(21)27-13-28(18-9-10-22(30-3)26-14(18)2)23(29)17-11-15(24)5-7-19(17)27/h5-12H,4,13H2,1-3H3. The van der Waals surface area contributed by atoms with Crippen LogP contribution in [0.1, 0.15) is 23.0 Å². The molecule has 1 aromatic heterocycles. The number of carbonyl (C=O) groups is 1. The molecular formula is C23H21ClFN3O3. The van der Waals surface area contributed by atoms with Crippen molar-refractivity contribution in [3.63, 3.8) is 0 Å². The molecule has 2 heterocycles. The number of halogens is 2. The number of amides is 1. The van der Waals surface area contributed by atoms with E-state index in [1.807, 2.05) is 18.7 Å². The molecule has 0 spiro atoms. The second-order valence-corrected chi connectivity index (χ2v) is 7.40. The summed E-state index contributed by atoms with van der Waals surface area (Å²) >= 11 is 6.21. The molecule has 160 valence electrons. The van der Waals surface area contributed by atoms with E-state index in [1.165, 1.54) is 19.2 Å². The highest BCUT2D eigenvalue weighted by Gasteiger charge is 2.33. The third-order valence-electron chi connectivity index (χ3n) is 5.05. The lowest BCUT2D eigenvalue weighted by Gasteiger charge is -2.39. The summed E-state index contributed by atoms with van der Waals surface area (Å²) in [5.74, 6) is 0.248. The monoisotopic (exact) mass is 441 g/mol. The molecular weight excluding hydrogens is 421 g/mol. The van der Waals surface area contributed by atoms with Crippen LogP contribution in [0, 0.1) is 12.7 Å². The summed E-state index contributed by atoms with van der Waals surface area (Å²) in [6.45, 7) is 4.21. The summed E-state index contributed by atoms with van der Waals surface area (Å²) in [6.07, 6.45) is 0. The molecule has 8 heteroatoms. The van der Waals surface area contributed by atoms with Crippen molar-refractivity contribution in [3.05, 3.63) is 70.6 Å². The first kappa shape index (κ1) is 20.9. The number of pyridine rings is 1. The number of benzene rings is 2. The Bertz CT molecular complexity index is 1150. The smallest absolute Gasteiger partial charge is 0.261 e. The summed E-state index contributed by atoms with van der Waals surface area (Å²) in [7, 11) is 1.54. The number of aryl methyl sites for hydroxylation is 1. The fourth-order valence-electron chi connectivity index (χ4n) is 3.65. The van der Waals surface area contributed by atoms with E-state index in [4.69, 9.17) is 21.1 Å². The van der Waals surface area contributed by atoms with Gasteiger partial charge in [0.25, 0.3) is 5.91 Å². The second kappa shape index (κ2) is 8.43. The largest absolute Gasteiger partial charge is 0.492 e. The van der Waals surface area contributed by atoms with Crippen molar-refractivity contribution < 1.29 is 18.7 Å². The molecule has 0 saturated heterocycles. The summed E-state index contributed by atoms with van der Waals surface area (Å²) in [5, 5.41) is 0.447. The van der Waals surface area contributed by atoms with Crippen LogP contribution < -0.4 is 19.3 Å². The molecule has 4 rings (SSSR count). The van der Waals surface area contributed by atoms with Crippen molar-refractivity contribution in [3.8, 4) is 11.6 Å². The predicted octanol–water partition coefficient (Wildman–Crippen LogP) is 5.35. The van der Waals surface area contributed by atoms with E-state index in [9.17, 15) is 9.18 Å². The highest BCUT2D eigenvalue weighted by atomic mass is 35.5. The summed E-state index contributed by atoms with van der Waals surface area (Å²) in [6, 6.07) is 13.0. The quantitative estimate of drug-likeness (QED) is 0.534. The fourth-order valence-corrected chi connectivity index (χ4v) is 3.82. The Morgan fingerprint density at radius 3 is 2.52 bits per heavy atom. The van der Waals surface area contributed by atoms with Crippen LogP contribution in [0.4, 0.5) is 21.5 Å². The van der Waals surface area contributed by atoms with E-state index >= 15 is 0 Å². The molecule has 0 aliphatic carbocycles. The Morgan fingerprint density at radius 1 is 1.06 bits per heavy atom. The van der Waals surface area contributed by atoms with Crippen molar-refractivity contribution in [2.45, 2.75) is 13.8 Å². The van der Waals surface area contributed by atoms with Gasteiger partial charge in [0.05, 0.1) is 42.0 Å². The van der Waals surface area contributed by atoms with E-state index in [-0.39, 0.29) is 12.6 Å². The van der Waals surface area contributed by atoms with Crippen molar-refractivity contribution in [2.75, 3.05) is 30.2 Å². The molecule has 0 unspecified atom stereocenters. The lowest BCUT2D eigenvalue weighted by molar-refractivity contribution is 0.0983. The highest BCUT2D eigenvalue weighted by molar-refractivity contribution is 6.31. The van der Waals surface area contributed by atoms with Crippen LogP contribution in [0.25, 0.3) is 0 Å². The maximum atomic E-state index is 13.9. The van der Waals surface area contributed by atoms with E-state index in [1.54, 1.807) is 41.3 Å². The Morgan fingerprint density at radius 2 is 1.81 bits per heavy atom. The molecule has 1 aliphatic heterocycles. The summed E-state index contributed by atoms with van der Waals surface area (Å²) in [4.78, 5) is 21.3. The van der Waals surface area contributed by atoms with Crippen molar-refractivity contribution in [2.24, 2.45) is 0 Å². The molecule has 0 bridgehead atoms. The van der Waals surface area contributed by atoms with Gasteiger partial charge in [-0.15, -0.1) is 0 Å². The fraction of sp³-hybridized carbons (Fsp3) is 0.217. The number of carbonyl (C=O) groups excluding carboxylic acids is 1. The van der Waals surface area contributed by atoms with Crippen LogP contribution in [0.2, 0.25) is 5.02 Å². The Balaban J connectivity index is 1.87. The lowest BCUT2D eigenvalue weighted by Crippen LogP contribution is -2.45. The average molecular weight is 442 g/mol. The van der Waals surface area contributed by atoms with Gasteiger partial charge >= 0.3 is 0 Å². The number of fused-ring (bicyclic) bond motifs is 1. The van der Waals surface area contributed by atoms with Crippen LogP contribution in [0.3, 0.4) is 0 Å². The summed E-state index contributed by atoms with van der Waals surface area (Å²) < 4.78 is 24.8. The first-order valence-corrected chi connectivity index (χ1v) is 10.1. The predicted molar refractivity (Wildman–Crippen MR) is 118 cm³/mol. The van der Waals surface area contributed by atoms with Crippen LogP contribution in [-0.2, 0) is 0 Å². The van der Waals surface area contributed by atoms with Gasteiger partial charge in [-0.25, -0.2) is 9.37 Å². The third kappa shape index (κ3) is 3.88. The molecule has 2 aromatic carbocycles. The van der Waals surface area contributed by atoms with Crippen LogP contribution >= 0.6 is 11.6 Å². The molecule has 1 amide bonds. The van der Waals surface area contributed by atoms with Crippen molar-refractivity contribution >= 4 is 34.6 Å². The van der Waals surface area contributed by atoms with Crippen LogP contribution in [0.5, 0.6) is 11.6 Å². The average Bonchev–Trinajstić information content (AvgIpc) is 2.75. The van der Waals surface area contributed by atoms with Gasteiger partial charge in [0.15, 0.2) is 0 Å². The van der Waals surface area contributed by atoms with Gasteiger partial charge in [-0.1, -0.05) is 11.6 Å². The molecule has 0 saturated carbocycles. The number of nitrogens with zero attached hydrogens (tertiary/aromatic N) is 3. The van der Waals surface area contributed by atoms with E-state index in [2.05, 4.69) is 4.98 Å². The third-order valence-corrected chi connectivity index (χ3v) is 5.29. The second-order valence-electron chi connectivity index (χ2n) is 6.97. The Labute approximate surface area is 184 Å².